The van der Waals surface area contributed by atoms with Gasteiger partial charge in [0.2, 0.25) is 0 Å². The molecule has 0 saturated heterocycles. The second-order valence-corrected chi connectivity index (χ2v) is 9.38. The van der Waals surface area contributed by atoms with E-state index in [1.54, 1.807) is 0 Å². The number of hydrogen-bond acceptors (Lipinski definition) is 9. The fourth-order valence-electron chi connectivity index (χ4n) is 4.27. The standard InChI is InChI=1S/C27H42O9/c1-2-3-4-5-6-7-8-9-14-35-26(32)19-10-12-20(13-11-19)27(33)36-16-15-34-22-17-21(18-28)23(29)25(31)24(22)30/h10-13,21-25,28-31H,2-9,14-18H2,1H3/t21?,22-,23+,24+,25?/m0/s1. The molecule has 204 valence electrons. The summed E-state index contributed by atoms with van der Waals surface area (Å²) in [5.74, 6) is -1.63. The summed E-state index contributed by atoms with van der Waals surface area (Å²) in [5.41, 5.74) is 0.631. The molecule has 0 radical (unpaired) electrons. The van der Waals surface area contributed by atoms with Gasteiger partial charge in [-0.15, -0.1) is 0 Å². The molecule has 0 amide bonds. The summed E-state index contributed by atoms with van der Waals surface area (Å²) in [5, 5.41) is 39.1. The summed E-state index contributed by atoms with van der Waals surface area (Å²) < 4.78 is 16.0. The summed E-state index contributed by atoms with van der Waals surface area (Å²) in [6, 6.07) is 6.02. The molecule has 36 heavy (non-hydrogen) atoms. The van der Waals surface area contributed by atoms with E-state index in [2.05, 4.69) is 6.92 Å². The Balaban J connectivity index is 1.63. The lowest BCUT2D eigenvalue weighted by Gasteiger charge is -2.39. The summed E-state index contributed by atoms with van der Waals surface area (Å²) >= 11 is 0. The lowest BCUT2D eigenvalue weighted by atomic mass is 9.81. The molecule has 0 heterocycles. The van der Waals surface area contributed by atoms with E-state index in [0.717, 1.165) is 19.3 Å². The Hall–Kier alpha value is -2.04. The first-order chi connectivity index (χ1) is 17.4. The Bertz CT molecular complexity index is 765. The van der Waals surface area contributed by atoms with Crippen LogP contribution in [0.1, 0.15) is 85.4 Å². The van der Waals surface area contributed by atoms with Crippen molar-refractivity contribution in [2.24, 2.45) is 5.92 Å². The van der Waals surface area contributed by atoms with Gasteiger partial charge in [-0.05, 0) is 37.1 Å². The highest BCUT2D eigenvalue weighted by atomic mass is 16.6. The van der Waals surface area contributed by atoms with E-state index in [1.165, 1.54) is 56.4 Å². The zero-order valence-electron chi connectivity index (χ0n) is 21.2. The van der Waals surface area contributed by atoms with E-state index >= 15 is 0 Å². The SMILES string of the molecule is CCCCCCCCCCOC(=O)c1ccc(C(=O)OCCO[C@H]2CC(CO)[C@@H](O)C(O)[C@@H]2O)cc1. The molecular formula is C27H42O9. The molecule has 1 aliphatic carbocycles. The fourth-order valence-corrected chi connectivity index (χ4v) is 4.27. The maximum atomic E-state index is 12.2. The summed E-state index contributed by atoms with van der Waals surface area (Å²) in [7, 11) is 0. The minimum Gasteiger partial charge on any atom is -0.462 e. The Kier molecular flexibility index (Phi) is 14.0. The van der Waals surface area contributed by atoms with Crippen LogP contribution in [-0.4, -0.2) is 83.2 Å². The van der Waals surface area contributed by atoms with Crippen LogP contribution < -0.4 is 0 Å². The Morgan fingerprint density at radius 2 is 1.28 bits per heavy atom. The molecule has 1 aliphatic rings. The third-order valence-corrected chi connectivity index (χ3v) is 6.57. The molecule has 0 bridgehead atoms. The molecular weight excluding hydrogens is 468 g/mol. The quantitative estimate of drug-likeness (QED) is 0.195. The minimum atomic E-state index is -1.42. The van der Waals surface area contributed by atoms with Crippen LogP contribution in [0, 0.1) is 5.92 Å². The largest absolute Gasteiger partial charge is 0.462 e. The van der Waals surface area contributed by atoms with Crippen LogP contribution in [0.5, 0.6) is 0 Å². The summed E-state index contributed by atoms with van der Waals surface area (Å²) in [4.78, 5) is 24.4. The number of aliphatic hydroxyl groups is 4. The van der Waals surface area contributed by atoms with Crippen molar-refractivity contribution in [2.45, 2.75) is 89.1 Å². The molecule has 9 heteroatoms. The third-order valence-electron chi connectivity index (χ3n) is 6.57. The number of benzene rings is 1. The highest BCUT2D eigenvalue weighted by Crippen LogP contribution is 2.27. The summed E-state index contributed by atoms with van der Waals surface area (Å²) in [6.45, 7) is 2.11. The van der Waals surface area contributed by atoms with Crippen LogP contribution in [0.4, 0.5) is 0 Å². The number of carbonyl (C=O) groups excluding carboxylic acids is 2. The number of ether oxygens (including phenoxy) is 3. The molecule has 5 atom stereocenters. The first kappa shape index (κ1) is 30.2. The molecule has 0 aliphatic heterocycles. The van der Waals surface area contributed by atoms with E-state index in [9.17, 15) is 30.0 Å². The number of esters is 2. The van der Waals surface area contributed by atoms with Crippen molar-refractivity contribution in [1.29, 1.82) is 0 Å². The zero-order valence-corrected chi connectivity index (χ0v) is 21.2. The zero-order chi connectivity index (χ0) is 26.3. The van der Waals surface area contributed by atoms with E-state index < -0.39 is 42.3 Å². The van der Waals surface area contributed by atoms with Gasteiger partial charge >= 0.3 is 11.9 Å². The monoisotopic (exact) mass is 510 g/mol. The number of hydrogen-bond donors (Lipinski definition) is 4. The molecule has 2 rings (SSSR count). The Morgan fingerprint density at radius 3 is 1.83 bits per heavy atom. The highest BCUT2D eigenvalue weighted by molar-refractivity contribution is 5.93. The molecule has 0 aromatic heterocycles. The first-order valence-electron chi connectivity index (χ1n) is 13.1. The molecule has 2 unspecified atom stereocenters. The van der Waals surface area contributed by atoms with Gasteiger partial charge in [0.15, 0.2) is 0 Å². The summed E-state index contributed by atoms with van der Waals surface area (Å²) in [6.07, 6.45) is 4.75. The predicted octanol–water partition coefficient (Wildman–Crippen LogP) is 2.62. The van der Waals surface area contributed by atoms with Crippen LogP contribution in [-0.2, 0) is 14.2 Å². The molecule has 1 saturated carbocycles. The van der Waals surface area contributed by atoms with E-state index in [0.29, 0.717) is 12.2 Å². The topological polar surface area (TPSA) is 143 Å². The molecule has 4 N–H and O–H groups in total. The van der Waals surface area contributed by atoms with Gasteiger partial charge in [-0.25, -0.2) is 9.59 Å². The van der Waals surface area contributed by atoms with E-state index in [1.807, 2.05) is 0 Å². The van der Waals surface area contributed by atoms with Crippen LogP contribution >= 0.6 is 0 Å². The lowest BCUT2D eigenvalue weighted by Crippen LogP contribution is -2.55. The van der Waals surface area contributed by atoms with Crippen molar-refractivity contribution >= 4 is 11.9 Å². The van der Waals surface area contributed by atoms with Gasteiger partial charge in [-0.3, -0.25) is 0 Å². The molecule has 9 nitrogen and oxygen atoms in total. The van der Waals surface area contributed by atoms with Gasteiger partial charge in [0.1, 0.15) is 18.8 Å². The third kappa shape index (κ3) is 9.78. The second-order valence-electron chi connectivity index (χ2n) is 9.38. The molecule has 0 spiro atoms. The average molecular weight is 511 g/mol. The number of carbonyl (C=O) groups is 2. The van der Waals surface area contributed by atoms with Gasteiger partial charge in [0.05, 0.1) is 36.5 Å². The fraction of sp³-hybridized carbons (Fsp3) is 0.704. The van der Waals surface area contributed by atoms with Gasteiger partial charge in [0.25, 0.3) is 0 Å². The highest BCUT2D eigenvalue weighted by Gasteiger charge is 2.42. The van der Waals surface area contributed by atoms with Crippen molar-refractivity contribution in [3.63, 3.8) is 0 Å². The normalized spacial score (nSPS) is 23.9. The van der Waals surface area contributed by atoms with Gasteiger partial charge < -0.3 is 34.6 Å². The Morgan fingerprint density at radius 1 is 0.750 bits per heavy atom. The maximum Gasteiger partial charge on any atom is 0.338 e. The van der Waals surface area contributed by atoms with Crippen molar-refractivity contribution in [3.05, 3.63) is 35.4 Å². The van der Waals surface area contributed by atoms with Gasteiger partial charge in [-0.2, -0.15) is 0 Å². The predicted molar refractivity (Wildman–Crippen MR) is 133 cm³/mol. The molecule has 1 aromatic carbocycles. The smallest absolute Gasteiger partial charge is 0.338 e. The second kappa shape index (κ2) is 16.7. The number of unbranched alkanes of at least 4 members (excludes halogenated alkanes) is 7. The van der Waals surface area contributed by atoms with Crippen LogP contribution in [0.3, 0.4) is 0 Å². The Labute approximate surface area is 213 Å². The number of rotatable bonds is 16. The van der Waals surface area contributed by atoms with Gasteiger partial charge in [0, 0.05) is 12.5 Å². The number of aliphatic hydroxyl groups excluding tert-OH is 4. The van der Waals surface area contributed by atoms with Crippen LogP contribution in [0.15, 0.2) is 24.3 Å². The molecule has 1 fully saturated rings. The van der Waals surface area contributed by atoms with Crippen molar-refractivity contribution in [3.8, 4) is 0 Å². The first-order valence-corrected chi connectivity index (χ1v) is 13.1. The van der Waals surface area contributed by atoms with Crippen molar-refractivity contribution < 1.29 is 44.2 Å². The molecule has 1 aromatic rings. The maximum absolute atomic E-state index is 12.2. The minimum absolute atomic E-state index is 0.0302. The lowest BCUT2D eigenvalue weighted by molar-refractivity contribution is -0.179. The van der Waals surface area contributed by atoms with Crippen molar-refractivity contribution in [1.82, 2.24) is 0 Å². The van der Waals surface area contributed by atoms with Crippen LogP contribution in [0.2, 0.25) is 0 Å². The van der Waals surface area contributed by atoms with Crippen LogP contribution in [0.25, 0.3) is 0 Å². The van der Waals surface area contributed by atoms with E-state index in [4.69, 9.17) is 14.2 Å². The van der Waals surface area contributed by atoms with E-state index in [-0.39, 0.29) is 31.8 Å². The average Bonchev–Trinajstić information content (AvgIpc) is 2.89. The van der Waals surface area contributed by atoms with Gasteiger partial charge in [-0.1, -0.05) is 51.9 Å². The van der Waals surface area contributed by atoms with Crippen molar-refractivity contribution in [2.75, 3.05) is 26.4 Å².